The van der Waals surface area contributed by atoms with Crippen molar-refractivity contribution in [1.82, 2.24) is 0 Å². The van der Waals surface area contributed by atoms with Crippen LogP contribution in [0.4, 0.5) is 17.1 Å². The van der Waals surface area contributed by atoms with Crippen LogP contribution < -0.4 is 4.90 Å². The third-order valence-electron chi connectivity index (χ3n) is 9.21. The zero-order valence-corrected chi connectivity index (χ0v) is 24.2. The highest BCUT2D eigenvalue weighted by atomic mass is 16.3. The van der Waals surface area contributed by atoms with E-state index in [1.54, 1.807) is 0 Å². The Morgan fingerprint density at radius 2 is 0.933 bits per heavy atom. The first-order chi connectivity index (χ1) is 22.3. The van der Waals surface area contributed by atoms with E-state index in [0.29, 0.717) is 0 Å². The van der Waals surface area contributed by atoms with E-state index < -0.39 is 0 Å². The molecule has 10 rings (SSSR count). The van der Waals surface area contributed by atoms with E-state index in [4.69, 9.17) is 8.83 Å². The van der Waals surface area contributed by atoms with Gasteiger partial charge in [0.25, 0.3) is 0 Å². The summed E-state index contributed by atoms with van der Waals surface area (Å²) in [7, 11) is 0. The van der Waals surface area contributed by atoms with Crippen molar-refractivity contribution in [1.29, 1.82) is 0 Å². The lowest BCUT2D eigenvalue weighted by atomic mass is 9.94. The minimum atomic E-state index is 0.881. The van der Waals surface area contributed by atoms with Crippen LogP contribution in [-0.4, -0.2) is 0 Å². The molecule has 45 heavy (non-hydrogen) atoms. The van der Waals surface area contributed by atoms with Gasteiger partial charge < -0.3 is 13.7 Å². The smallest absolute Gasteiger partial charge is 0.137 e. The van der Waals surface area contributed by atoms with Crippen molar-refractivity contribution in [2.75, 3.05) is 4.90 Å². The van der Waals surface area contributed by atoms with Crippen molar-refractivity contribution in [2.24, 2.45) is 0 Å². The summed E-state index contributed by atoms with van der Waals surface area (Å²) in [5.41, 5.74) is 6.89. The molecule has 0 bridgehead atoms. The molecule has 2 aromatic heterocycles. The molecule has 0 N–H and O–H groups in total. The first kappa shape index (κ1) is 24.4. The molecule has 0 unspecified atom stereocenters. The third-order valence-corrected chi connectivity index (χ3v) is 9.21. The van der Waals surface area contributed by atoms with Crippen LogP contribution in [0, 0.1) is 0 Å². The summed E-state index contributed by atoms with van der Waals surface area (Å²) in [6, 6.07) is 53.7. The molecule has 0 aliphatic heterocycles. The van der Waals surface area contributed by atoms with E-state index >= 15 is 0 Å². The highest BCUT2D eigenvalue weighted by Gasteiger charge is 2.20. The fraction of sp³-hybridized carbons (Fsp3) is 0. The number of nitrogens with zero attached hydrogens (tertiary/aromatic N) is 1. The van der Waals surface area contributed by atoms with Crippen LogP contribution in [-0.2, 0) is 0 Å². The third kappa shape index (κ3) is 3.52. The largest absolute Gasteiger partial charge is 0.456 e. The topological polar surface area (TPSA) is 29.5 Å². The van der Waals surface area contributed by atoms with Gasteiger partial charge in [0, 0.05) is 27.5 Å². The summed E-state index contributed by atoms with van der Waals surface area (Å²) in [6.45, 7) is 0. The van der Waals surface area contributed by atoms with Crippen LogP contribution in [0.15, 0.2) is 160 Å². The van der Waals surface area contributed by atoms with Gasteiger partial charge in [-0.1, -0.05) is 91.0 Å². The predicted molar refractivity (Wildman–Crippen MR) is 188 cm³/mol. The summed E-state index contributed by atoms with van der Waals surface area (Å²) in [5.74, 6) is 0. The van der Waals surface area contributed by atoms with Gasteiger partial charge in [0.1, 0.15) is 22.3 Å². The maximum Gasteiger partial charge on any atom is 0.137 e. The Morgan fingerprint density at radius 3 is 1.76 bits per heavy atom. The Bertz CT molecular complexity index is 2770. The van der Waals surface area contributed by atoms with Crippen LogP contribution in [0.5, 0.6) is 0 Å². The molecule has 0 aliphatic rings. The fourth-order valence-corrected chi connectivity index (χ4v) is 7.27. The number of fused-ring (bicyclic) bond motifs is 12. The van der Waals surface area contributed by atoms with E-state index in [2.05, 4.69) is 132 Å². The van der Waals surface area contributed by atoms with E-state index in [1.165, 1.54) is 37.7 Å². The zero-order chi connectivity index (χ0) is 29.5. The fourth-order valence-electron chi connectivity index (χ4n) is 7.27. The molecule has 10 aromatic rings. The van der Waals surface area contributed by atoms with Crippen molar-refractivity contribution in [3.8, 4) is 0 Å². The molecule has 2 heterocycles. The van der Waals surface area contributed by atoms with Gasteiger partial charge in [0.05, 0.1) is 11.1 Å². The molecule has 0 saturated carbocycles. The van der Waals surface area contributed by atoms with Crippen molar-refractivity contribution in [3.63, 3.8) is 0 Å². The van der Waals surface area contributed by atoms with Crippen LogP contribution in [0.3, 0.4) is 0 Å². The number of furan rings is 2. The highest BCUT2D eigenvalue weighted by molar-refractivity contribution is 6.28. The molecule has 0 amide bonds. The molecule has 0 fully saturated rings. The molecule has 0 saturated heterocycles. The van der Waals surface area contributed by atoms with Crippen LogP contribution >= 0.6 is 0 Å². The number of para-hydroxylation sites is 3. The molecular weight excluding hydrogens is 550 g/mol. The zero-order valence-electron chi connectivity index (χ0n) is 24.2. The normalized spacial score (nSPS) is 12.0. The number of anilines is 3. The number of benzene rings is 8. The number of hydrogen-bond acceptors (Lipinski definition) is 3. The van der Waals surface area contributed by atoms with Gasteiger partial charge in [-0.3, -0.25) is 0 Å². The average Bonchev–Trinajstić information content (AvgIpc) is 3.67. The summed E-state index contributed by atoms with van der Waals surface area (Å²) in [4.78, 5) is 2.35. The predicted octanol–water partition coefficient (Wildman–Crippen LogP) is 12.4. The molecular formula is C42H25NO2. The van der Waals surface area contributed by atoms with E-state index in [9.17, 15) is 0 Å². The van der Waals surface area contributed by atoms with Crippen molar-refractivity contribution < 1.29 is 8.83 Å². The Balaban J connectivity index is 1.24. The number of rotatable bonds is 3. The standard InChI is InChI=1S/C42H25NO2/c1-2-9-28(10-3-1)43(35-13-8-16-38-42(35)34-12-5-7-15-37(34)44-38)29-20-22-30-27(25-29)18-17-26-19-21-32-31(40(26)30)23-24-39-41(32)33-11-4-6-14-36(33)45-39/h1-25H. The SMILES string of the molecule is c1ccc(N(c2ccc3c(ccc4ccc5c(ccc6oc7ccccc7c65)c43)c2)c2cccc3oc4ccccc4c23)cc1. The second-order valence-corrected chi connectivity index (χ2v) is 11.7. The van der Waals surface area contributed by atoms with Crippen molar-refractivity contribution >= 4 is 93.3 Å². The molecule has 0 aliphatic carbocycles. The maximum absolute atomic E-state index is 6.29. The lowest BCUT2D eigenvalue weighted by molar-refractivity contribution is 0.668. The Morgan fingerprint density at radius 1 is 0.333 bits per heavy atom. The molecule has 3 heteroatoms. The van der Waals surface area contributed by atoms with E-state index in [1.807, 2.05) is 24.3 Å². The van der Waals surface area contributed by atoms with Crippen LogP contribution in [0.1, 0.15) is 0 Å². The Kier molecular flexibility index (Phi) is 5.00. The Hall–Kier alpha value is -6.06. The quantitative estimate of drug-likeness (QED) is 0.196. The maximum atomic E-state index is 6.29. The van der Waals surface area contributed by atoms with Gasteiger partial charge in [-0.05, 0) is 93.0 Å². The van der Waals surface area contributed by atoms with Gasteiger partial charge in [0.2, 0.25) is 0 Å². The second kappa shape index (κ2) is 9.22. The number of hydrogen-bond donors (Lipinski definition) is 0. The van der Waals surface area contributed by atoms with Gasteiger partial charge in [0.15, 0.2) is 0 Å². The summed E-state index contributed by atoms with van der Waals surface area (Å²) >= 11 is 0. The minimum absolute atomic E-state index is 0.881. The van der Waals surface area contributed by atoms with Crippen LogP contribution in [0.25, 0.3) is 76.2 Å². The minimum Gasteiger partial charge on any atom is -0.456 e. The van der Waals surface area contributed by atoms with Crippen LogP contribution in [0.2, 0.25) is 0 Å². The van der Waals surface area contributed by atoms with Gasteiger partial charge in [-0.15, -0.1) is 0 Å². The molecule has 8 aromatic carbocycles. The van der Waals surface area contributed by atoms with E-state index in [-0.39, 0.29) is 0 Å². The highest BCUT2D eigenvalue weighted by Crippen LogP contribution is 2.45. The molecule has 0 radical (unpaired) electrons. The molecule has 0 atom stereocenters. The Labute approximate surface area is 258 Å². The average molecular weight is 576 g/mol. The molecule has 210 valence electrons. The van der Waals surface area contributed by atoms with Gasteiger partial charge >= 0.3 is 0 Å². The molecule has 3 nitrogen and oxygen atoms in total. The first-order valence-corrected chi connectivity index (χ1v) is 15.3. The van der Waals surface area contributed by atoms with Gasteiger partial charge in [-0.2, -0.15) is 0 Å². The lowest BCUT2D eigenvalue weighted by Crippen LogP contribution is -2.10. The summed E-state index contributed by atoms with van der Waals surface area (Å²) < 4.78 is 12.5. The van der Waals surface area contributed by atoms with Crippen molar-refractivity contribution in [2.45, 2.75) is 0 Å². The lowest BCUT2D eigenvalue weighted by Gasteiger charge is -2.26. The summed E-state index contributed by atoms with van der Waals surface area (Å²) in [5, 5.41) is 11.9. The van der Waals surface area contributed by atoms with E-state index in [0.717, 1.165) is 55.6 Å². The van der Waals surface area contributed by atoms with Crippen molar-refractivity contribution in [3.05, 3.63) is 152 Å². The molecule has 0 spiro atoms. The first-order valence-electron chi connectivity index (χ1n) is 15.3. The second-order valence-electron chi connectivity index (χ2n) is 11.7. The monoisotopic (exact) mass is 575 g/mol. The van der Waals surface area contributed by atoms with Gasteiger partial charge in [-0.25, -0.2) is 0 Å². The summed E-state index contributed by atoms with van der Waals surface area (Å²) in [6.07, 6.45) is 0.